The van der Waals surface area contributed by atoms with E-state index in [4.69, 9.17) is 4.18 Å². The minimum Gasteiger partial charge on any atom is -0.393 e. The Morgan fingerprint density at radius 1 is 0.881 bits per heavy atom. The molecule has 6 rings (SSSR count). The number of rotatable bonds is 5. The second-order valence-electron chi connectivity index (χ2n) is 17.0. The van der Waals surface area contributed by atoms with Gasteiger partial charge in [-0.15, -0.1) is 0 Å². The maximum absolute atomic E-state index is 13.4. The fourth-order valence-electron chi connectivity index (χ4n) is 12.5. The normalized spacial score (nSPS) is 46.2. The molecule has 234 valence electrons. The number of benzene rings is 1. The molecule has 1 aromatic carbocycles. The summed E-state index contributed by atoms with van der Waals surface area (Å²) in [6, 6.07) is 7.04. The smallest absolute Gasteiger partial charge is 0.296 e. The van der Waals surface area contributed by atoms with Crippen molar-refractivity contribution in [1.82, 2.24) is 0 Å². The van der Waals surface area contributed by atoms with Gasteiger partial charge in [0.25, 0.3) is 10.1 Å². The van der Waals surface area contributed by atoms with Crippen molar-refractivity contribution in [3.05, 3.63) is 42.0 Å². The summed E-state index contributed by atoms with van der Waals surface area (Å²) in [6.45, 7) is 21.4. The zero-order valence-electron chi connectivity index (χ0n) is 27.3. The standard InChI is InChI=1S/C37H56O4S/c1-24(2)27-15-20-37(23-41-42(39,40)26-11-9-25(3)10-12-26)22-21-35(7)28(32(27)37)13-14-30-34(6)18-17-31(38)33(4,5)29(34)16-19-36(30,35)8/h9-12,27-32,38H,1,13-23H2,2-8H3/t27-,28+,29-,30+,31-,32+,34-,35+,36+,37+/m0/s1. The van der Waals surface area contributed by atoms with Gasteiger partial charge in [0.15, 0.2) is 0 Å². The van der Waals surface area contributed by atoms with Gasteiger partial charge in [0.05, 0.1) is 17.6 Å². The largest absolute Gasteiger partial charge is 0.393 e. The molecule has 0 spiro atoms. The van der Waals surface area contributed by atoms with Gasteiger partial charge in [0, 0.05) is 0 Å². The Balaban J connectivity index is 1.33. The Hall–Kier alpha value is -1.17. The Kier molecular flexibility index (Phi) is 7.28. The van der Waals surface area contributed by atoms with Gasteiger partial charge in [-0.3, -0.25) is 4.18 Å². The Morgan fingerprint density at radius 2 is 1.57 bits per heavy atom. The maximum atomic E-state index is 13.4. The van der Waals surface area contributed by atoms with Crippen LogP contribution in [0.25, 0.3) is 0 Å². The lowest BCUT2D eigenvalue weighted by Gasteiger charge is -2.73. The van der Waals surface area contributed by atoms with Crippen LogP contribution in [0, 0.1) is 63.6 Å². The summed E-state index contributed by atoms with van der Waals surface area (Å²) in [5.41, 5.74) is 2.84. The van der Waals surface area contributed by atoms with Crippen molar-refractivity contribution in [2.45, 2.75) is 124 Å². The van der Waals surface area contributed by atoms with Gasteiger partial charge in [0.1, 0.15) is 0 Å². The summed E-state index contributed by atoms with van der Waals surface area (Å²) >= 11 is 0. The van der Waals surface area contributed by atoms with Gasteiger partial charge in [-0.05, 0) is 147 Å². The van der Waals surface area contributed by atoms with Crippen molar-refractivity contribution >= 4 is 10.1 Å². The fourth-order valence-corrected chi connectivity index (χ4v) is 13.5. The molecular weight excluding hydrogens is 540 g/mol. The van der Waals surface area contributed by atoms with Crippen LogP contribution in [0.3, 0.4) is 0 Å². The van der Waals surface area contributed by atoms with Crippen molar-refractivity contribution in [3.63, 3.8) is 0 Å². The van der Waals surface area contributed by atoms with E-state index in [1.54, 1.807) is 12.1 Å². The number of hydrogen-bond donors (Lipinski definition) is 1. The van der Waals surface area contributed by atoms with Crippen LogP contribution in [0.4, 0.5) is 0 Å². The van der Waals surface area contributed by atoms with Gasteiger partial charge in [-0.25, -0.2) is 0 Å². The molecule has 0 unspecified atom stereocenters. The Morgan fingerprint density at radius 3 is 2.24 bits per heavy atom. The van der Waals surface area contributed by atoms with Crippen molar-refractivity contribution in [1.29, 1.82) is 0 Å². The number of aliphatic hydroxyl groups is 1. The van der Waals surface area contributed by atoms with Crippen molar-refractivity contribution in [2.75, 3.05) is 6.61 Å². The molecule has 0 aliphatic heterocycles. The molecule has 0 heterocycles. The van der Waals surface area contributed by atoms with E-state index in [0.29, 0.717) is 29.6 Å². The molecule has 5 fully saturated rings. The van der Waals surface area contributed by atoms with E-state index < -0.39 is 10.1 Å². The predicted molar refractivity (Wildman–Crippen MR) is 169 cm³/mol. The van der Waals surface area contributed by atoms with E-state index in [1.807, 2.05) is 19.1 Å². The Bertz CT molecular complexity index is 1330. The molecule has 5 saturated carbocycles. The third kappa shape index (κ3) is 4.21. The van der Waals surface area contributed by atoms with Crippen molar-refractivity contribution in [3.8, 4) is 0 Å². The molecular formula is C37H56O4S. The van der Waals surface area contributed by atoms with Crippen LogP contribution < -0.4 is 0 Å². The Labute approximate surface area is 256 Å². The van der Waals surface area contributed by atoms with E-state index in [9.17, 15) is 13.5 Å². The zero-order valence-corrected chi connectivity index (χ0v) is 28.2. The van der Waals surface area contributed by atoms with Crippen molar-refractivity contribution in [2.24, 2.45) is 56.7 Å². The van der Waals surface area contributed by atoms with E-state index in [0.717, 1.165) is 44.1 Å². The second kappa shape index (κ2) is 9.91. The van der Waals surface area contributed by atoms with Crippen LogP contribution in [0.5, 0.6) is 0 Å². The van der Waals surface area contributed by atoms with Crippen LogP contribution in [-0.2, 0) is 14.3 Å². The van der Waals surface area contributed by atoms with Crippen LogP contribution in [-0.4, -0.2) is 26.2 Å². The third-order valence-electron chi connectivity index (χ3n) is 15.0. The maximum Gasteiger partial charge on any atom is 0.296 e. The topological polar surface area (TPSA) is 63.6 Å². The third-order valence-corrected chi connectivity index (χ3v) is 16.3. The molecule has 5 aliphatic rings. The summed E-state index contributed by atoms with van der Waals surface area (Å²) in [7, 11) is -3.81. The monoisotopic (exact) mass is 596 g/mol. The zero-order chi connectivity index (χ0) is 30.5. The number of aliphatic hydroxyl groups excluding tert-OH is 1. The van der Waals surface area contributed by atoms with E-state index in [1.165, 1.54) is 31.3 Å². The highest BCUT2D eigenvalue weighted by molar-refractivity contribution is 7.86. The highest BCUT2D eigenvalue weighted by Crippen LogP contribution is 2.77. The minimum absolute atomic E-state index is 0.0371. The minimum atomic E-state index is -3.81. The quantitative estimate of drug-likeness (QED) is 0.273. The first-order valence-corrected chi connectivity index (χ1v) is 18.2. The van der Waals surface area contributed by atoms with Crippen LogP contribution >= 0.6 is 0 Å². The fraction of sp³-hybridized carbons (Fsp3) is 0.784. The van der Waals surface area contributed by atoms with E-state index in [2.05, 4.69) is 48.1 Å². The molecule has 5 heteroatoms. The molecule has 1 aromatic rings. The molecule has 5 aliphatic carbocycles. The number of allylic oxidation sites excluding steroid dienone is 1. The first-order chi connectivity index (χ1) is 19.5. The average molecular weight is 597 g/mol. The van der Waals surface area contributed by atoms with E-state index in [-0.39, 0.29) is 44.7 Å². The molecule has 1 N–H and O–H groups in total. The summed E-state index contributed by atoms with van der Waals surface area (Å²) in [5.74, 6) is 2.60. The first-order valence-electron chi connectivity index (χ1n) is 16.8. The summed E-state index contributed by atoms with van der Waals surface area (Å²) in [4.78, 5) is 0.259. The summed E-state index contributed by atoms with van der Waals surface area (Å²) < 4.78 is 32.7. The molecule has 0 bridgehead atoms. The number of fused-ring (bicyclic) bond motifs is 7. The predicted octanol–water partition coefficient (Wildman–Crippen LogP) is 8.72. The van der Waals surface area contributed by atoms with E-state index >= 15 is 0 Å². The SMILES string of the molecule is C=C(C)[C@@H]1CC[C@]2(COS(=O)(=O)c3ccc(C)cc3)CC[C@]3(C)[C@H](CC[C@@H]4[C@@]5(C)CC[C@H](O)C(C)(C)[C@@H]5CC[C@]43C)[C@@H]12. The van der Waals surface area contributed by atoms with Crippen LogP contribution in [0.1, 0.15) is 111 Å². The van der Waals surface area contributed by atoms with Gasteiger partial charge < -0.3 is 5.11 Å². The van der Waals surface area contributed by atoms with Crippen LogP contribution in [0.2, 0.25) is 0 Å². The molecule has 0 radical (unpaired) electrons. The average Bonchev–Trinajstić information content (AvgIpc) is 3.31. The molecule has 4 nitrogen and oxygen atoms in total. The molecule has 0 aromatic heterocycles. The van der Waals surface area contributed by atoms with Gasteiger partial charge >= 0.3 is 0 Å². The number of aryl methyl sites for hydroxylation is 1. The summed E-state index contributed by atoms with van der Waals surface area (Å²) in [5, 5.41) is 11.0. The summed E-state index contributed by atoms with van der Waals surface area (Å²) in [6.07, 6.45) is 11.0. The molecule has 0 amide bonds. The highest BCUT2D eigenvalue weighted by Gasteiger charge is 2.71. The first kappa shape index (κ1) is 30.8. The second-order valence-corrected chi connectivity index (χ2v) is 18.6. The molecule has 0 saturated heterocycles. The lowest BCUT2D eigenvalue weighted by Crippen LogP contribution is -2.66. The van der Waals surface area contributed by atoms with Crippen molar-refractivity contribution < 1.29 is 17.7 Å². The van der Waals surface area contributed by atoms with Gasteiger partial charge in [-0.1, -0.05) is 64.5 Å². The van der Waals surface area contributed by atoms with Crippen LogP contribution in [0.15, 0.2) is 41.3 Å². The van der Waals surface area contributed by atoms with Gasteiger partial charge in [0.2, 0.25) is 0 Å². The molecule has 42 heavy (non-hydrogen) atoms. The number of hydrogen-bond acceptors (Lipinski definition) is 4. The lowest BCUT2D eigenvalue weighted by atomic mass is 9.32. The lowest BCUT2D eigenvalue weighted by molar-refractivity contribution is -0.248. The molecule has 10 atom stereocenters. The highest BCUT2D eigenvalue weighted by atomic mass is 32.2. The van der Waals surface area contributed by atoms with Gasteiger partial charge in [-0.2, -0.15) is 8.42 Å².